The molecule has 1 aromatic heterocycles. The van der Waals surface area contributed by atoms with E-state index in [1.54, 1.807) is 0 Å². The summed E-state index contributed by atoms with van der Waals surface area (Å²) >= 11 is 0. The van der Waals surface area contributed by atoms with Crippen LogP contribution in [0.3, 0.4) is 0 Å². The first-order chi connectivity index (χ1) is 8.97. The van der Waals surface area contributed by atoms with Crippen LogP contribution in [0, 0.1) is 6.92 Å². The average Bonchev–Trinajstić information content (AvgIpc) is 2.70. The van der Waals surface area contributed by atoms with E-state index in [9.17, 15) is 0 Å². The quantitative estimate of drug-likeness (QED) is 0.858. The summed E-state index contributed by atoms with van der Waals surface area (Å²) < 4.78 is 2.12. The molecular formula is C15H21N3O. The van der Waals surface area contributed by atoms with Crippen molar-refractivity contribution in [2.24, 2.45) is 0 Å². The molecule has 19 heavy (non-hydrogen) atoms. The number of nitrogens with one attached hydrogen (secondary N) is 1. The van der Waals surface area contributed by atoms with Crippen molar-refractivity contribution in [3.63, 3.8) is 0 Å². The Kier molecular flexibility index (Phi) is 4.02. The molecule has 0 saturated carbocycles. The molecule has 0 aliphatic rings. The molecule has 0 spiro atoms. The van der Waals surface area contributed by atoms with E-state index in [4.69, 9.17) is 4.84 Å². The highest BCUT2D eigenvalue weighted by Crippen LogP contribution is 2.14. The first kappa shape index (κ1) is 13.8. The van der Waals surface area contributed by atoms with Gasteiger partial charge in [0.25, 0.3) is 0 Å². The van der Waals surface area contributed by atoms with Crippen molar-refractivity contribution in [3.8, 4) is 5.69 Å². The van der Waals surface area contributed by atoms with Crippen molar-refractivity contribution in [3.05, 3.63) is 48.0 Å². The molecule has 1 aromatic carbocycles. The second-order valence-electron chi connectivity index (χ2n) is 5.50. The van der Waals surface area contributed by atoms with Crippen LogP contribution in [-0.4, -0.2) is 15.2 Å². The zero-order chi connectivity index (χ0) is 13.9. The fourth-order valence-corrected chi connectivity index (χ4v) is 1.87. The first-order valence-electron chi connectivity index (χ1n) is 6.47. The van der Waals surface area contributed by atoms with Gasteiger partial charge in [0, 0.05) is 5.69 Å². The van der Waals surface area contributed by atoms with Crippen molar-refractivity contribution < 1.29 is 4.84 Å². The Bertz CT molecular complexity index is 526. The Morgan fingerprint density at radius 1 is 1.21 bits per heavy atom. The molecule has 0 bridgehead atoms. The van der Waals surface area contributed by atoms with Crippen LogP contribution in [0.4, 0.5) is 0 Å². The second kappa shape index (κ2) is 5.55. The molecule has 0 fully saturated rings. The van der Waals surface area contributed by atoms with Crippen molar-refractivity contribution in [2.45, 2.75) is 39.8 Å². The maximum absolute atomic E-state index is 5.54. The maximum atomic E-state index is 5.54. The SMILES string of the molecule is Cc1ncc(CNOC(C)(C)C)n1-c1ccccc1. The fraction of sp³-hybridized carbons (Fsp3) is 0.400. The van der Waals surface area contributed by atoms with Crippen molar-refractivity contribution in [2.75, 3.05) is 0 Å². The fourth-order valence-electron chi connectivity index (χ4n) is 1.87. The number of nitrogens with zero attached hydrogens (tertiary/aromatic N) is 2. The molecule has 0 unspecified atom stereocenters. The largest absolute Gasteiger partial charge is 0.300 e. The minimum absolute atomic E-state index is 0.202. The number of aromatic nitrogens is 2. The summed E-state index contributed by atoms with van der Waals surface area (Å²) in [6, 6.07) is 10.2. The van der Waals surface area contributed by atoms with Crippen LogP contribution in [-0.2, 0) is 11.4 Å². The van der Waals surface area contributed by atoms with E-state index in [1.807, 2.05) is 52.1 Å². The lowest BCUT2D eigenvalue weighted by atomic mass is 10.2. The molecule has 0 aliphatic heterocycles. The zero-order valence-corrected chi connectivity index (χ0v) is 12.0. The third-order valence-electron chi connectivity index (χ3n) is 2.66. The maximum Gasteiger partial charge on any atom is 0.110 e. The molecule has 1 heterocycles. The number of para-hydroxylation sites is 1. The molecule has 2 rings (SSSR count). The minimum Gasteiger partial charge on any atom is -0.300 e. The molecule has 4 nitrogen and oxygen atoms in total. The summed E-state index contributed by atoms with van der Waals surface area (Å²) in [6.45, 7) is 8.66. The van der Waals surface area contributed by atoms with E-state index < -0.39 is 0 Å². The predicted molar refractivity (Wildman–Crippen MR) is 76.0 cm³/mol. The van der Waals surface area contributed by atoms with Gasteiger partial charge in [-0.1, -0.05) is 18.2 Å². The molecule has 0 aliphatic carbocycles. The highest BCUT2D eigenvalue weighted by Gasteiger charge is 2.12. The average molecular weight is 259 g/mol. The normalized spacial score (nSPS) is 11.8. The highest BCUT2D eigenvalue weighted by molar-refractivity contribution is 5.35. The van der Waals surface area contributed by atoms with Crippen LogP contribution < -0.4 is 5.48 Å². The van der Waals surface area contributed by atoms with Gasteiger partial charge in [0.15, 0.2) is 0 Å². The summed E-state index contributed by atoms with van der Waals surface area (Å²) in [7, 11) is 0. The summed E-state index contributed by atoms with van der Waals surface area (Å²) in [4.78, 5) is 9.92. The Labute approximate surface area is 114 Å². The molecule has 0 amide bonds. The van der Waals surface area contributed by atoms with Gasteiger partial charge in [-0.2, -0.15) is 5.48 Å². The molecule has 2 aromatic rings. The summed E-state index contributed by atoms with van der Waals surface area (Å²) in [5.41, 5.74) is 5.00. The number of hydrogen-bond donors (Lipinski definition) is 1. The monoisotopic (exact) mass is 259 g/mol. The molecule has 0 atom stereocenters. The van der Waals surface area contributed by atoms with Crippen LogP contribution in [0.5, 0.6) is 0 Å². The molecule has 0 saturated heterocycles. The lowest BCUT2D eigenvalue weighted by molar-refractivity contribution is -0.0762. The number of imidazole rings is 1. The minimum atomic E-state index is -0.202. The van der Waals surface area contributed by atoms with E-state index in [-0.39, 0.29) is 5.60 Å². The lowest BCUT2D eigenvalue weighted by Gasteiger charge is -2.19. The van der Waals surface area contributed by atoms with Gasteiger partial charge in [0.05, 0.1) is 24.0 Å². The summed E-state index contributed by atoms with van der Waals surface area (Å²) in [5, 5.41) is 0. The van der Waals surface area contributed by atoms with Gasteiger partial charge in [-0.3, -0.25) is 9.40 Å². The van der Waals surface area contributed by atoms with Gasteiger partial charge in [-0.15, -0.1) is 0 Å². The summed E-state index contributed by atoms with van der Waals surface area (Å²) in [6.07, 6.45) is 1.88. The smallest absolute Gasteiger partial charge is 0.110 e. The van der Waals surface area contributed by atoms with Gasteiger partial charge in [0.2, 0.25) is 0 Å². The third-order valence-corrected chi connectivity index (χ3v) is 2.66. The standard InChI is InChI=1S/C15H21N3O/c1-12-16-10-14(11-17-19-15(2,3)4)18(12)13-8-6-5-7-9-13/h5-10,17H,11H2,1-4H3. The number of rotatable bonds is 4. The molecule has 102 valence electrons. The Hall–Kier alpha value is -1.65. The lowest BCUT2D eigenvalue weighted by Crippen LogP contribution is -2.29. The molecule has 0 radical (unpaired) electrons. The number of aryl methyl sites for hydroxylation is 1. The predicted octanol–water partition coefficient (Wildman–Crippen LogP) is 3.00. The molecular weight excluding hydrogens is 238 g/mol. The van der Waals surface area contributed by atoms with Crippen LogP contribution in [0.2, 0.25) is 0 Å². The van der Waals surface area contributed by atoms with Gasteiger partial charge in [0.1, 0.15) is 5.82 Å². The van der Waals surface area contributed by atoms with Gasteiger partial charge < -0.3 is 0 Å². The molecule has 1 N–H and O–H groups in total. The number of hydroxylamine groups is 1. The Morgan fingerprint density at radius 3 is 2.53 bits per heavy atom. The second-order valence-corrected chi connectivity index (χ2v) is 5.50. The zero-order valence-electron chi connectivity index (χ0n) is 12.0. The topological polar surface area (TPSA) is 39.1 Å². The Balaban J connectivity index is 2.15. The van der Waals surface area contributed by atoms with Crippen LogP contribution >= 0.6 is 0 Å². The van der Waals surface area contributed by atoms with Gasteiger partial charge >= 0.3 is 0 Å². The summed E-state index contributed by atoms with van der Waals surface area (Å²) in [5.74, 6) is 0.971. The van der Waals surface area contributed by atoms with Gasteiger partial charge in [-0.05, 0) is 39.8 Å². The van der Waals surface area contributed by atoms with Gasteiger partial charge in [-0.25, -0.2) is 4.98 Å². The Morgan fingerprint density at radius 2 is 1.89 bits per heavy atom. The highest BCUT2D eigenvalue weighted by atomic mass is 16.7. The van der Waals surface area contributed by atoms with Crippen molar-refractivity contribution in [1.29, 1.82) is 0 Å². The first-order valence-corrected chi connectivity index (χ1v) is 6.47. The number of benzene rings is 1. The van der Waals surface area contributed by atoms with E-state index in [2.05, 4.69) is 27.2 Å². The third kappa shape index (κ3) is 3.66. The molecule has 4 heteroatoms. The van der Waals surface area contributed by atoms with E-state index in [0.29, 0.717) is 6.54 Å². The van der Waals surface area contributed by atoms with E-state index in [1.165, 1.54) is 0 Å². The van der Waals surface area contributed by atoms with E-state index >= 15 is 0 Å². The van der Waals surface area contributed by atoms with Crippen LogP contribution in [0.15, 0.2) is 36.5 Å². The van der Waals surface area contributed by atoms with Crippen molar-refractivity contribution >= 4 is 0 Å². The van der Waals surface area contributed by atoms with Crippen LogP contribution in [0.25, 0.3) is 5.69 Å². The van der Waals surface area contributed by atoms with Crippen molar-refractivity contribution in [1.82, 2.24) is 15.0 Å². The van der Waals surface area contributed by atoms with E-state index in [0.717, 1.165) is 17.2 Å². The van der Waals surface area contributed by atoms with Crippen LogP contribution in [0.1, 0.15) is 32.3 Å². The number of hydrogen-bond acceptors (Lipinski definition) is 3.